The summed E-state index contributed by atoms with van der Waals surface area (Å²) in [5.41, 5.74) is 1.42. The van der Waals surface area contributed by atoms with Crippen molar-refractivity contribution in [2.45, 2.75) is 19.9 Å². The predicted octanol–water partition coefficient (Wildman–Crippen LogP) is 1.76. The monoisotopic (exact) mass is 430 g/mol. The molecule has 10 heteroatoms. The molecule has 0 bridgehead atoms. The molecule has 158 valence electrons. The summed E-state index contributed by atoms with van der Waals surface area (Å²) in [6.07, 6.45) is 2.13. The predicted molar refractivity (Wildman–Crippen MR) is 115 cm³/mol. The van der Waals surface area contributed by atoms with E-state index in [9.17, 15) is 14.0 Å². The Morgan fingerprint density at radius 1 is 1.30 bits per heavy atom. The van der Waals surface area contributed by atoms with Gasteiger partial charge in [0.2, 0.25) is 0 Å². The van der Waals surface area contributed by atoms with Crippen molar-refractivity contribution in [3.8, 4) is 0 Å². The molecule has 3 aromatic heterocycles. The van der Waals surface area contributed by atoms with Crippen molar-refractivity contribution in [2.24, 2.45) is 0 Å². The molecule has 8 nitrogen and oxygen atoms in total. The van der Waals surface area contributed by atoms with Gasteiger partial charge in [0, 0.05) is 62.5 Å². The Morgan fingerprint density at radius 3 is 2.77 bits per heavy atom. The number of nitrogens with zero attached hydrogens (tertiary/aromatic N) is 4. The lowest BCUT2D eigenvalue weighted by atomic mass is 10.1. The number of halogens is 1. The third kappa shape index (κ3) is 3.92. The van der Waals surface area contributed by atoms with Crippen LogP contribution in [0.2, 0.25) is 0 Å². The van der Waals surface area contributed by atoms with E-state index in [0.717, 1.165) is 32.0 Å². The fraction of sp³-hybridized carbons (Fsp3) is 0.400. The van der Waals surface area contributed by atoms with E-state index < -0.39 is 5.82 Å². The molecule has 1 amide bonds. The topological polar surface area (TPSA) is 94.2 Å². The Morgan fingerprint density at radius 2 is 2.07 bits per heavy atom. The number of aromatic nitrogens is 3. The van der Waals surface area contributed by atoms with Gasteiger partial charge < -0.3 is 15.2 Å². The fourth-order valence-corrected chi connectivity index (χ4v) is 4.34. The van der Waals surface area contributed by atoms with Gasteiger partial charge in [0.1, 0.15) is 11.3 Å². The molecule has 4 heterocycles. The van der Waals surface area contributed by atoms with Crippen molar-refractivity contribution < 1.29 is 9.18 Å². The number of hydrogen-bond donors (Lipinski definition) is 2. The zero-order valence-electron chi connectivity index (χ0n) is 16.9. The number of H-pyrrole nitrogens is 1. The number of hydrogen-bond acceptors (Lipinski definition) is 7. The molecular formula is C20H23FN6O2S. The highest BCUT2D eigenvalue weighted by atomic mass is 32.1. The van der Waals surface area contributed by atoms with Crippen LogP contribution in [0.4, 0.5) is 10.2 Å². The zero-order chi connectivity index (χ0) is 21.3. The number of anilines is 1. The smallest absolute Gasteiger partial charge is 0.280 e. The van der Waals surface area contributed by atoms with Gasteiger partial charge in [-0.1, -0.05) is 6.92 Å². The minimum Gasteiger partial charge on any atom is -0.353 e. The number of piperazine rings is 1. The molecule has 1 saturated heterocycles. The second-order valence-electron chi connectivity index (χ2n) is 7.19. The summed E-state index contributed by atoms with van der Waals surface area (Å²) in [6.45, 7) is 5.23. The summed E-state index contributed by atoms with van der Waals surface area (Å²) < 4.78 is 15.0. The van der Waals surface area contributed by atoms with Gasteiger partial charge in [-0.05, 0) is 12.5 Å². The van der Waals surface area contributed by atoms with E-state index in [1.165, 1.54) is 11.3 Å². The maximum atomic E-state index is 15.0. The summed E-state index contributed by atoms with van der Waals surface area (Å²) in [5, 5.41) is 4.91. The second kappa shape index (κ2) is 8.49. The van der Waals surface area contributed by atoms with Gasteiger partial charge in [-0.15, -0.1) is 11.3 Å². The summed E-state index contributed by atoms with van der Waals surface area (Å²) in [6, 6.07) is 1.65. The van der Waals surface area contributed by atoms with Crippen molar-refractivity contribution in [3.63, 3.8) is 0 Å². The number of nitrogens with one attached hydrogen (secondary N) is 2. The molecule has 1 aliphatic heterocycles. The fourth-order valence-electron chi connectivity index (χ4n) is 3.56. The largest absolute Gasteiger partial charge is 0.353 e. The lowest BCUT2D eigenvalue weighted by Gasteiger charge is -2.34. The van der Waals surface area contributed by atoms with Crippen molar-refractivity contribution in [1.82, 2.24) is 25.2 Å². The minimum absolute atomic E-state index is 0.164. The number of thiazole rings is 1. The lowest BCUT2D eigenvalue weighted by Crippen LogP contribution is -2.46. The van der Waals surface area contributed by atoms with E-state index in [2.05, 4.69) is 30.1 Å². The highest BCUT2D eigenvalue weighted by Gasteiger charge is 2.22. The normalized spacial score (nSPS) is 15.0. The Hall–Kier alpha value is -2.85. The number of aromatic amines is 1. The van der Waals surface area contributed by atoms with Crippen LogP contribution in [-0.4, -0.2) is 59.0 Å². The molecule has 0 unspecified atom stereocenters. The number of pyridine rings is 2. The molecular weight excluding hydrogens is 407 g/mol. The number of amides is 1. The lowest BCUT2D eigenvalue weighted by molar-refractivity contribution is 0.0962. The van der Waals surface area contributed by atoms with Gasteiger partial charge in [0.15, 0.2) is 10.8 Å². The van der Waals surface area contributed by atoms with Crippen LogP contribution in [0, 0.1) is 5.82 Å². The first-order valence-corrected chi connectivity index (χ1v) is 10.7. The van der Waals surface area contributed by atoms with E-state index in [4.69, 9.17) is 0 Å². The second-order valence-corrected chi connectivity index (χ2v) is 8.05. The molecule has 30 heavy (non-hydrogen) atoms. The van der Waals surface area contributed by atoms with Gasteiger partial charge in [-0.2, -0.15) is 0 Å². The number of fused-ring (bicyclic) bond motifs is 1. The van der Waals surface area contributed by atoms with Crippen molar-refractivity contribution in [2.75, 3.05) is 38.1 Å². The van der Waals surface area contributed by atoms with Crippen molar-refractivity contribution >= 4 is 34.1 Å². The zero-order valence-corrected chi connectivity index (χ0v) is 17.7. The van der Waals surface area contributed by atoms with Crippen LogP contribution in [0.25, 0.3) is 11.0 Å². The van der Waals surface area contributed by atoms with Crippen LogP contribution < -0.4 is 15.8 Å². The molecule has 0 spiro atoms. The van der Waals surface area contributed by atoms with Crippen LogP contribution in [0.3, 0.4) is 0 Å². The Kier molecular flexibility index (Phi) is 5.78. The van der Waals surface area contributed by atoms with Crippen LogP contribution in [0.1, 0.15) is 27.9 Å². The highest BCUT2D eigenvalue weighted by Crippen LogP contribution is 2.22. The van der Waals surface area contributed by atoms with Gasteiger partial charge in [-0.3, -0.25) is 19.5 Å². The molecule has 0 aromatic carbocycles. The summed E-state index contributed by atoms with van der Waals surface area (Å²) in [7, 11) is 1.58. The van der Waals surface area contributed by atoms with E-state index in [-0.39, 0.29) is 17.0 Å². The van der Waals surface area contributed by atoms with Gasteiger partial charge in [-0.25, -0.2) is 9.37 Å². The molecule has 1 fully saturated rings. The number of carbonyl (C=O) groups is 1. The van der Waals surface area contributed by atoms with Crippen LogP contribution in [0.5, 0.6) is 0 Å². The molecule has 3 aromatic rings. The first-order valence-electron chi connectivity index (χ1n) is 9.84. The molecule has 2 N–H and O–H groups in total. The molecule has 0 radical (unpaired) electrons. The van der Waals surface area contributed by atoms with E-state index in [0.29, 0.717) is 34.6 Å². The Balaban J connectivity index is 1.44. The molecule has 1 aliphatic rings. The van der Waals surface area contributed by atoms with Crippen LogP contribution >= 0.6 is 11.3 Å². The SMILES string of the molecule is CCc1cc2ncc(CN3CCN(c4csc(C(=O)NC)n4)CC3)c(F)c2[nH]c1=O. The van der Waals surface area contributed by atoms with Crippen molar-refractivity contribution in [1.29, 1.82) is 0 Å². The van der Waals surface area contributed by atoms with Gasteiger partial charge >= 0.3 is 0 Å². The standard InChI is InChI=1S/C20H23FN6O2S/c1-3-12-8-14-17(25-18(12)28)16(21)13(9-23-14)10-26-4-6-27(7-5-26)15-11-30-20(24-15)19(29)22-2/h8-9,11H,3-7,10H2,1-2H3,(H,22,29)(H,25,28). The minimum atomic E-state index is -0.420. The Labute approximate surface area is 176 Å². The quantitative estimate of drug-likeness (QED) is 0.641. The highest BCUT2D eigenvalue weighted by molar-refractivity contribution is 7.12. The third-order valence-corrected chi connectivity index (χ3v) is 6.17. The number of carbonyl (C=O) groups excluding carboxylic acids is 1. The van der Waals surface area contributed by atoms with Crippen molar-refractivity contribution in [3.05, 3.63) is 49.9 Å². The summed E-state index contributed by atoms with van der Waals surface area (Å²) >= 11 is 1.32. The molecule has 4 rings (SSSR count). The van der Waals surface area contributed by atoms with Crippen LogP contribution in [-0.2, 0) is 13.0 Å². The first kappa shape index (κ1) is 20.4. The molecule has 0 atom stereocenters. The third-order valence-electron chi connectivity index (χ3n) is 5.34. The number of aryl methyl sites for hydroxylation is 1. The molecule has 0 saturated carbocycles. The average molecular weight is 431 g/mol. The van der Waals surface area contributed by atoms with E-state index in [1.807, 2.05) is 12.3 Å². The number of rotatable bonds is 5. The maximum absolute atomic E-state index is 15.0. The maximum Gasteiger partial charge on any atom is 0.280 e. The van der Waals surface area contributed by atoms with Gasteiger partial charge in [0.25, 0.3) is 11.5 Å². The summed E-state index contributed by atoms with van der Waals surface area (Å²) in [5.74, 6) is 0.186. The van der Waals surface area contributed by atoms with Gasteiger partial charge in [0.05, 0.1) is 5.52 Å². The first-order chi connectivity index (χ1) is 14.5. The van der Waals surface area contributed by atoms with Crippen LogP contribution in [0.15, 0.2) is 22.4 Å². The average Bonchev–Trinajstić information content (AvgIpc) is 3.26. The van der Waals surface area contributed by atoms with E-state index >= 15 is 0 Å². The Bertz CT molecular complexity index is 1140. The molecule has 0 aliphatic carbocycles. The van der Waals surface area contributed by atoms with E-state index in [1.54, 1.807) is 19.3 Å². The summed E-state index contributed by atoms with van der Waals surface area (Å²) in [4.78, 5) is 39.4.